The van der Waals surface area contributed by atoms with Gasteiger partial charge in [-0.15, -0.1) is 0 Å². The van der Waals surface area contributed by atoms with Crippen LogP contribution in [0.1, 0.15) is 12.5 Å². The lowest BCUT2D eigenvalue weighted by Crippen LogP contribution is -2.13. The van der Waals surface area contributed by atoms with E-state index in [4.69, 9.17) is 16.3 Å². The molecule has 0 atom stereocenters. The number of hydrogen-bond acceptors (Lipinski definition) is 3. The van der Waals surface area contributed by atoms with E-state index in [2.05, 4.69) is 5.10 Å². The fraction of sp³-hybridized carbons (Fsp3) is 0.286. The van der Waals surface area contributed by atoms with Crippen LogP contribution < -0.4 is 4.74 Å². The zero-order valence-electron chi connectivity index (χ0n) is 10.7. The van der Waals surface area contributed by atoms with Gasteiger partial charge >= 0.3 is 0 Å². The number of carbonyl (C=O) groups excluding carboxylic acids is 1. The van der Waals surface area contributed by atoms with E-state index in [1.54, 1.807) is 35.1 Å². The number of ketones is 1. The second kappa shape index (κ2) is 6.38. The Bertz CT molecular complexity index is 566. The summed E-state index contributed by atoms with van der Waals surface area (Å²) in [6, 6.07) is 7.00. The summed E-state index contributed by atoms with van der Waals surface area (Å²) in [7, 11) is 0. The van der Waals surface area contributed by atoms with Gasteiger partial charge in [0, 0.05) is 24.2 Å². The molecular weight excluding hydrogens is 264 g/mol. The van der Waals surface area contributed by atoms with Crippen molar-refractivity contribution in [3.05, 3.63) is 47.2 Å². The summed E-state index contributed by atoms with van der Waals surface area (Å²) >= 11 is 5.83. The van der Waals surface area contributed by atoms with Crippen molar-refractivity contribution in [2.45, 2.75) is 19.9 Å². The number of rotatable bonds is 6. The molecule has 0 amide bonds. The molecule has 0 saturated heterocycles. The van der Waals surface area contributed by atoms with Crippen molar-refractivity contribution < 1.29 is 9.53 Å². The van der Waals surface area contributed by atoms with Gasteiger partial charge in [0.1, 0.15) is 12.4 Å². The molecule has 2 aromatic rings. The van der Waals surface area contributed by atoms with Crippen LogP contribution in [0, 0.1) is 0 Å². The van der Waals surface area contributed by atoms with Gasteiger partial charge in [-0.3, -0.25) is 9.48 Å². The molecule has 1 aromatic heterocycles. The number of carbonyl (C=O) groups is 1. The number of aromatic nitrogens is 2. The highest BCUT2D eigenvalue weighted by atomic mass is 35.5. The van der Waals surface area contributed by atoms with Gasteiger partial charge in [0.2, 0.25) is 0 Å². The molecule has 0 saturated carbocycles. The van der Waals surface area contributed by atoms with E-state index in [9.17, 15) is 4.79 Å². The second-order valence-corrected chi connectivity index (χ2v) is 4.60. The Labute approximate surface area is 116 Å². The third kappa shape index (κ3) is 4.10. The van der Waals surface area contributed by atoms with Gasteiger partial charge in [-0.05, 0) is 30.7 Å². The molecule has 1 aromatic carbocycles. The molecule has 2 rings (SSSR count). The summed E-state index contributed by atoms with van der Waals surface area (Å²) in [5.41, 5.74) is 0.904. The molecule has 0 spiro atoms. The molecule has 0 fully saturated rings. The topological polar surface area (TPSA) is 44.1 Å². The lowest BCUT2D eigenvalue weighted by atomic mass is 10.2. The Morgan fingerprint density at radius 2 is 2.32 bits per heavy atom. The van der Waals surface area contributed by atoms with Crippen LogP contribution in [0.4, 0.5) is 0 Å². The van der Waals surface area contributed by atoms with Crippen LogP contribution in [-0.4, -0.2) is 22.2 Å². The number of benzene rings is 1. The summed E-state index contributed by atoms with van der Waals surface area (Å²) < 4.78 is 7.18. The molecule has 0 aliphatic carbocycles. The van der Waals surface area contributed by atoms with Crippen LogP contribution >= 0.6 is 11.6 Å². The highest BCUT2D eigenvalue weighted by molar-refractivity contribution is 6.30. The quantitative estimate of drug-likeness (QED) is 0.816. The van der Waals surface area contributed by atoms with E-state index in [1.165, 1.54) is 0 Å². The number of Topliss-reactive ketones (excluding diaryl/α,β-unsaturated/α-hetero) is 1. The van der Waals surface area contributed by atoms with Gasteiger partial charge in [-0.2, -0.15) is 5.10 Å². The Balaban J connectivity index is 1.84. The minimum atomic E-state index is 0.00984. The molecule has 0 unspecified atom stereocenters. The van der Waals surface area contributed by atoms with Crippen molar-refractivity contribution in [3.63, 3.8) is 0 Å². The molecule has 1 heterocycles. The van der Waals surface area contributed by atoms with Gasteiger partial charge < -0.3 is 4.74 Å². The van der Waals surface area contributed by atoms with Crippen LogP contribution in [-0.2, 0) is 17.8 Å². The van der Waals surface area contributed by atoms with Gasteiger partial charge in [0.25, 0.3) is 0 Å². The monoisotopic (exact) mass is 278 g/mol. The molecule has 0 bridgehead atoms. The van der Waals surface area contributed by atoms with Crippen LogP contribution in [0.2, 0.25) is 5.02 Å². The highest BCUT2D eigenvalue weighted by Crippen LogP contribution is 2.17. The predicted octanol–water partition coefficient (Wildman–Crippen LogP) is 2.75. The van der Waals surface area contributed by atoms with Crippen molar-refractivity contribution in [1.82, 2.24) is 9.78 Å². The molecule has 0 aliphatic heterocycles. The smallest absolute Gasteiger partial charge is 0.174 e. The van der Waals surface area contributed by atoms with Gasteiger partial charge in [0.15, 0.2) is 5.78 Å². The summed E-state index contributed by atoms with van der Waals surface area (Å²) in [5, 5.41) is 4.72. The minimum absolute atomic E-state index is 0.00984. The third-order valence-electron chi connectivity index (χ3n) is 2.61. The first-order valence-corrected chi connectivity index (χ1v) is 6.46. The molecular formula is C14H15ClN2O2. The zero-order valence-corrected chi connectivity index (χ0v) is 11.4. The Kier molecular flexibility index (Phi) is 4.58. The maximum Gasteiger partial charge on any atom is 0.174 e. The SMILES string of the molecule is CCn1cc(CC(=O)COc2cccc(Cl)c2)cn1. The van der Waals surface area contributed by atoms with Crippen molar-refractivity contribution in [1.29, 1.82) is 0 Å². The second-order valence-electron chi connectivity index (χ2n) is 4.17. The van der Waals surface area contributed by atoms with E-state index in [0.717, 1.165) is 12.1 Å². The lowest BCUT2D eigenvalue weighted by Gasteiger charge is -2.05. The van der Waals surface area contributed by atoms with E-state index in [-0.39, 0.29) is 12.4 Å². The molecule has 5 heteroatoms. The Morgan fingerprint density at radius 1 is 1.47 bits per heavy atom. The van der Waals surface area contributed by atoms with E-state index in [0.29, 0.717) is 17.2 Å². The number of halogens is 1. The molecule has 0 aliphatic rings. The minimum Gasteiger partial charge on any atom is -0.486 e. The standard InChI is InChI=1S/C14H15ClN2O2/c1-2-17-9-11(8-16-17)6-13(18)10-19-14-5-3-4-12(15)7-14/h3-5,7-9H,2,6,10H2,1H3. The number of aryl methyl sites for hydroxylation is 1. The zero-order chi connectivity index (χ0) is 13.7. The van der Waals surface area contributed by atoms with Gasteiger partial charge in [-0.25, -0.2) is 0 Å². The third-order valence-corrected chi connectivity index (χ3v) is 2.84. The average Bonchev–Trinajstić information content (AvgIpc) is 2.84. The predicted molar refractivity (Wildman–Crippen MR) is 73.6 cm³/mol. The highest BCUT2D eigenvalue weighted by Gasteiger charge is 2.07. The number of nitrogens with zero attached hydrogens (tertiary/aromatic N) is 2. The molecule has 0 N–H and O–H groups in total. The number of ether oxygens (including phenoxy) is 1. The largest absolute Gasteiger partial charge is 0.486 e. The maximum atomic E-state index is 11.8. The normalized spacial score (nSPS) is 10.4. The summed E-state index contributed by atoms with van der Waals surface area (Å²) in [6.07, 6.45) is 3.92. The molecule has 100 valence electrons. The average molecular weight is 279 g/mol. The first-order valence-electron chi connectivity index (χ1n) is 6.09. The van der Waals surface area contributed by atoms with E-state index >= 15 is 0 Å². The number of hydrogen-bond donors (Lipinski definition) is 0. The van der Waals surface area contributed by atoms with Crippen molar-refractivity contribution in [3.8, 4) is 5.75 Å². The van der Waals surface area contributed by atoms with Crippen LogP contribution in [0.25, 0.3) is 0 Å². The van der Waals surface area contributed by atoms with E-state index in [1.807, 2.05) is 13.1 Å². The van der Waals surface area contributed by atoms with Crippen LogP contribution in [0.5, 0.6) is 5.75 Å². The molecule has 0 radical (unpaired) electrons. The fourth-order valence-corrected chi connectivity index (χ4v) is 1.85. The summed E-state index contributed by atoms with van der Waals surface area (Å²) in [5.74, 6) is 0.612. The summed E-state index contributed by atoms with van der Waals surface area (Å²) in [4.78, 5) is 11.8. The molecule has 19 heavy (non-hydrogen) atoms. The van der Waals surface area contributed by atoms with Crippen LogP contribution in [0.15, 0.2) is 36.7 Å². The lowest BCUT2D eigenvalue weighted by molar-refractivity contribution is -0.120. The van der Waals surface area contributed by atoms with Gasteiger partial charge in [-0.1, -0.05) is 17.7 Å². The van der Waals surface area contributed by atoms with E-state index < -0.39 is 0 Å². The van der Waals surface area contributed by atoms with Gasteiger partial charge in [0.05, 0.1) is 6.20 Å². The molecule has 4 nitrogen and oxygen atoms in total. The Hall–Kier alpha value is -1.81. The van der Waals surface area contributed by atoms with Crippen LogP contribution in [0.3, 0.4) is 0 Å². The first-order chi connectivity index (χ1) is 9.17. The van der Waals surface area contributed by atoms with Crippen molar-refractivity contribution in [2.24, 2.45) is 0 Å². The maximum absolute atomic E-state index is 11.8. The fourth-order valence-electron chi connectivity index (χ4n) is 1.67. The van der Waals surface area contributed by atoms with Crippen molar-refractivity contribution >= 4 is 17.4 Å². The summed E-state index contributed by atoms with van der Waals surface area (Å²) in [6.45, 7) is 2.84. The van der Waals surface area contributed by atoms with Crippen molar-refractivity contribution in [2.75, 3.05) is 6.61 Å². The first kappa shape index (κ1) is 13.6. The Morgan fingerprint density at radius 3 is 3.00 bits per heavy atom.